The number of aryl methyl sites for hydroxylation is 1. The Morgan fingerprint density at radius 3 is 2.74 bits per heavy atom. The third-order valence-corrected chi connectivity index (χ3v) is 4.22. The summed E-state index contributed by atoms with van der Waals surface area (Å²) in [4.78, 5) is 23.5. The zero-order valence-electron chi connectivity index (χ0n) is 15.5. The first-order chi connectivity index (χ1) is 13.1. The van der Waals surface area contributed by atoms with E-state index in [4.69, 9.17) is 4.74 Å². The van der Waals surface area contributed by atoms with Crippen LogP contribution in [0.25, 0.3) is 11.4 Å². The molecule has 27 heavy (non-hydrogen) atoms. The molecule has 3 aromatic rings. The minimum Gasteiger partial charge on any atom is -0.489 e. The van der Waals surface area contributed by atoms with Crippen molar-refractivity contribution in [2.75, 3.05) is 11.9 Å². The lowest BCUT2D eigenvalue weighted by atomic mass is 10.2. The monoisotopic (exact) mass is 362 g/mol. The third kappa shape index (κ3) is 4.41. The second kappa shape index (κ2) is 8.31. The Morgan fingerprint density at radius 1 is 1.22 bits per heavy atom. The molecule has 0 aliphatic heterocycles. The van der Waals surface area contributed by atoms with Crippen molar-refractivity contribution in [2.24, 2.45) is 0 Å². The van der Waals surface area contributed by atoms with Crippen molar-refractivity contribution in [3.63, 3.8) is 0 Å². The van der Waals surface area contributed by atoms with Crippen LogP contribution in [-0.2, 0) is 6.54 Å². The number of aromatic nitrogens is 3. The summed E-state index contributed by atoms with van der Waals surface area (Å²) in [5.74, 6) is 2.06. The van der Waals surface area contributed by atoms with Gasteiger partial charge in [-0.15, -0.1) is 0 Å². The van der Waals surface area contributed by atoms with Gasteiger partial charge in [0.25, 0.3) is 5.56 Å². The minimum atomic E-state index is -0.129. The van der Waals surface area contributed by atoms with E-state index in [0.29, 0.717) is 30.2 Å². The van der Waals surface area contributed by atoms with Crippen molar-refractivity contribution >= 4 is 5.82 Å². The molecule has 0 unspecified atom stereocenters. The predicted octanol–water partition coefficient (Wildman–Crippen LogP) is 3.63. The quantitative estimate of drug-likeness (QED) is 0.628. The van der Waals surface area contributed by atoms with Crippen LogP contribution in [0.1, 0.15) is 16.8 Å². The summed E-state index contributed by atoms with van der Waals surface area (Å²) in [5, 5.41) is 3.28. The molecule has 2 N–H and O–H groups in total. The molecular formula is C21H22N4O2. The van der Waals surface area contributed by atoms with Crippen molar-refractivity contribution in [3.05, 3.63) is 82.4 Å². The normalized spacial score (nSPS) is 10.4. The topological polar surface area (TPSA) is 79.9 Å². The van der Waals surface area contributed by atoms with E-state index in [1.165, 1.54) is 0 Å². The van der Waals surface area contributed by atoms with E-state index in [2.05, 4.69) is 26.8 Å². The largest absolute Gasteiger partial charge is 0.489 e. The van der Waals surface area contributed by atoms with E-state index < -0.39 is 0 Å². The van der Waals surface area contributed by atoms with Crippen LogP contribution in [0, 0.1) is 13.8 Å². The molecule has 0 aliphatic rings. The molecule has 138 valence electrons. The Hall–Kier alpha value is -3.41. The maximum absolute atomic E-state index is 11.9. The number of aromatic amines is 1. The first-order valence-corrected chi connectivity index (χ1v) is 8.68. The summed E-state index contributed by atoms with van der Waals surface area (Å²) >= 11 is 0. The smallest absolute Gasteiger partial charge is 0.254 e. The summed E-state index contributed by atoms with van der Waals surface area (Å²) in [6.07, 6.45) is 3.41. The number of benzene rings is 1. The summed E-state index contributed by atoms with van der Waals surface area (Å²) in [6, 6.07) is 11.6. The average molecular weight is 362 g/mol. The van der Waals surface area contributed by atoms with Crippen LogP contribution >= 0.6 is 0 Å². The standard InChI is InChI=1S/C21H22N4O2/c1-4-11-27-18-8-6-5-7-16(18)12-22-19-10-9-17(13-23-19)20-24-15(3)14(2)21(26)25-20/h4-10,13H,1,11-12H2,2-3H3,(H,22,23)(H,24,25,26). The number of H-pyrrole nitrogens is 1. The number of anilines is 1. The Morgan fingerprint density at radius 2 is 2.04 bits per heavy atom. The van der Waals surface area contributed by atoms with Gasteiger partial charge in [0.2, 0.25) is 0 Å². The van der Waals surface area contributed by atoms with Crippen molar-refractivity contribution in [3.8, 4) is 17.1 Å². The first-order valence-electron chi connectivity index (χ1n) is 8.68. The maximum Gasteiger partial charge on any atom is 0.254 e. The minimum absolute atomic E-state index is 0.129. The number of hydrogen-bond donors (Lipinski definition) is 2. The SMILES string of the molecule is C=CCOc1ccccc1CNc1ccc(-c2nc(C)c(C)c(=O)[nH]2)cn1. The molecule has 1 aromatic carbocycles. The van der Waals surface area contributed by atoms with Gasteiger partial charge in [0.05, 0.1) is 0 Å². The van der Waals surface area contributed by atoms with Gasteiger partial charge in [0.1, 0.15) is 24.0 Å². The van der Waals surface area contributed by atoms with Crippen molar-refractivity contribution < 1.29 is 4.74 Å². The third-order valence-electron chi connectivity index (χ3n) is 4.22. The highest BCUT2D eigenvalue weighted by Gasteiger charge is 2.07. The van der Waals surface area contributed by atoms with Gasteiger partial charge in [-0.2, -0.15) is 0 Å². The number of nitrogens with one attached hydrogen (secondary N) is 2. The fraction of sp³-hybridized carbons (Fsp3) is 0.190. The molecule has 6 nitrogen and oxygen atoms in total. The summed E-state index contributed by atoms with van der Waals surface area (Å²) < 4.78 is 5.66. The summed E-state index contributed by atoms with van der Waals surface area (Å²) in [6.45, 7) is 8.29. The highest BCUT2D eigenvalue weighted by atomic mass is 16.5. The van der Waals surface area contributed by atoms with Gasteiger partial charge in [0, 0.05) is 35.1 Å². The van der Waals surface area contributed by atoms with Gasteiger partial charge < -0.3 is 15.0 Å². The lowest BCUT2D eigenvalue weighted by Gasteiger charge is -2.11. The molecule has 0 saturated heterocycles. The number of nitrogens with zero attached hydrogens (tertiary/aromatic N) is 2. The molecule has 0 atom stereocenters. The Balaban J connectivity index is 1.72. The van der Waals surface area contributed by atoms with Gasteiger partial charge in [-0.25, -0.2) is 9.97 Å². The zero-order chi connectivity index (χ0) is 19.2. The molecule has 2 aromatic heterocycles. The molecule has 2 heterocycles. The van der Waals surface area contributed by atoms with Crippen LogP contribution in [0.3, 0.4) is 0 Å². The number of hydrogen-bond acceptors (Lipinski definition) is 5. The average Bonchev–Trinajstić information content (AvgIpc) is 2.69. The van der Waals surface area contributed by atoms with Crippen LogP contribution in [0.2, 0.25) is 0 Å². The molecule has 3 rings (SSSR count). The number of rotatable bonds is 7. The molecule has 0 aliphatic carbocycles. The van der Waals surface area contributed by atoms with Crippen LogP contribution in [0.4, 0.5) is 5.82 Å². The van der Waals surface area contributed by atoms with E-state index in [9.17, 15) is 4.79 Å². The molecule has 0 spiro atoms. The first kappa shape index (κ1) is 18.4. The van der Waals surface area contributed by atoms with Gasteiger partial charge >= 0.3 is 0 Å². The van der Waals surface area contributed by atoms with E-state index in [1.807, 2.05) is 43.3 Å². The Kier molecular flexibility index (Phi) is 5.66. The second-order valence-corrected chi connectivity index (χ2v) is 6.12. The number of pyridine rings is 1. The molecule has 0 bridgehead atoms. The molecule has 0 fully saturated rings. The van der Waals surface area contributed by atoms with Crippen molar-refractivity contribution in [1.82, 2.24) is 15.0 Å². The molecule has 0 amide bonds. The fourth-order valence-electron chi connectivity index (χ4n) is 2.55. The van der Waals surface area contributed by atoms with Crippen LogP contribution in [-0.4, -0.2) is 21.6 Å². The maximum atomic E-state index is 11.9. The van der Waals surface area contributed by atoms with Crippen molar-refractivity contribution in [1.29, 1.82) is 0 Å². The summed E-state index contributed by atoms with van der Waals surface area (Å²) in [7, 11) is 0. The van der Waals surface area contributed by atoms with E-state index in [0.717, 1.165) is 22.7 Å². The Labute approximate surface area is 158 Å². The molecule has 0 saturated carbocycles. The molecule has 6 heteroatoms. The second-order valence-electron chi connectivity index (χ2n) is 6.12. The van der Waals surface area contributed by atoms with Crippen LogP contribution in [0.15, 0.2) is 60.0 Å². The number of ether oxygens (including phenoxy) is 1. The van der Waals surface area contributed by atoms with E-state index >= 15 is 0 Å². The highest BCUT2D eigenvalue weighted by molar-refractivity contribution is 5.56. The zero-order valence-corrected chi connectivity index (χ0v) is 15.5. The predicted molar refractivity (Wildman–Crippen MR) is 107 cm³/mol. The van der Waals surface area contributed by atoms with E-state index in [-0.39, 0.29) is 5.56 Å². The molecular weight excluding hydrogens is 340 g/mol. The number of para-hydroxylation sites is 1. The summed E-state index contributed by atoms with van der Waals surface area (Å²) in [5.41, 5.74) is 3.01. The van der Waals surface area contributed by atoms with Gasteiger partial charge in [0.15, 0.2) is 0 Å². The van der Waals surface area contributed by atoms with Gasteiger partial charge in [-0.05, 0) is 32.0 Å². The van der Waals surface area contributed by atoms with Crippen LogP contribution in [0.5, 0.6) is 5.75 Å². The Bertz CT molecular complexity index is 994. The van der Waals surface area contributed by atoms with E-state index in [1.54, 1.807) is 19.2 Å². The fourth-order valence-corrected chi connectivity index (χ4v) is 2.55. The van der Waals surface area contributed by atoms with Gasteiger partial charge in [-0.3, -0.25) is 4.79 Å². The lowest BCUT2D eigenvalue weighted by molar-refractivity contribution is 0.359. The van der Waals surface area contributed by atoms with Crippen LogP contribution < -0.4 is 15.6 Å². The highest BCUT2D eigenvalue weighted by Crippen LogP contribution is 2.20. The van der Waals surface area contributed by atoms with Crippen molar-refractivity contribution in [2.45, 2.75) is 20.4 Å². The molecule has 0 radical (unpaired) electrons. The lowest BCUT2D eigenvalue weighted by Crippen LogP contribution is -2.14. The van der Waals surface area contributed by atoms with Gasteiger partial charge in [-0.1, -0.05) is 30.9 Å².